The first kappa shape index (κ1) is 13.3. The van der Waals surface area contributed by atoms with E-state index in [1.165, 1.54) is 17.4 Å². The largest absolute Gasteiger partial charge is 0.478 e. The maximum absolute atomic E-state index is 10.1. The van der Waals surface area contributed by atoms with Gasteiger partial charge >= 0.3 is 11.9 Å². The Bertz CT molecular complexity index is 503. The Morgan fingerprint density at radius 2 is 1.88 bits per heavy atom. The molecule has 0 amide bonds. The summed E-state index contributed by atoms with van der Waals surface area (Å²) in [4.78, 5) is 20.2. The van der Waals surface area contributed by atoms with Crippen LogP contribution in [-0.4, -0.2) is 22.2 Å². The number of rotatable bonds is 2. The number of carboxylic acids is 2. The monoisotopic (exact) mass is 274 g/mol. The van der Waals surface area contributed by atoms with Crippen molar-refractivity contribution in [2.24, 2.45) is 0 Å². The Morgan fingerprint density at radius 1 is 1.24 bits per heavy atom. The fourth-order valence-corrected chi connectivity index (χ4v) is 1.60. The summed E-state index contributed by atoms with van der Waals surface area (Å²) in [7, 11) is 0. The standard InChI is InChI=1S/C5H3ClO3.C5H4O2S/c6-4-1-3(2-9-4)5(7)8;6-5(7)4-1-2-8-3-4/h1-2H,(H,7,8);1-3H,(H,6,7). The zero-order valence-electron chi connectivity index (χ0n) is 8.29. The molecule has 0 atom stereocenters. The lowest BCUT2D eigenvalue weighted by Crippen LogP contribution is -1.91. The van der Waals surface area contributed by atoms with Crippen LogP contribution in [0.1, 0.15) is 20.7 Å². The van der Waals surface area contributed by atoms with E-state index in [-0.39, 0.29) is 10.8 Å². The summed E-state index contributed by atoms with van der Waals surface area (Å²) in [5.41, 5.74) is 0.440. The predicted molar refractivity (Wildman–Crippen MR) is 62.0 cm³/mol. The molecular formula is C10H7ClO5S. The molecule has 0 aliphatic carbocycles. The number of carboxylic acid groups (broad SMARTS) is 2. The van der Waals surface area contributed by atoms with Crippen LogP contribution in [-0.2, 0) is 0 Å². The van der Waals surface area contributed by atoms with Crippen LogP contribution < -0.4 is 0 Å². The van der Waals surface area contributed by atoms with Gasteiger partial charge in [0.05, 0.1) is 11.1 Å². The molecule has 2 aromatic heterocycles. The Labute approximate surface area is 105 Å². The summed E-state index contributed by atoms with van der Waals surface area (Å²) < 4.78 is 4.51. The van der Waals surface area contributed by atoms with E-state index in [9.17, 15) is 9.59 Å². The average molecular weight is 275 g/mol. The Balaban J connectivity index is 0.000000171. The second-order valence-corrected chi connectivity index (χ2v) is 3.91. The minimum absolute atomic E-state index is 0.0694. The van der Waals surface area contributed by atoms with Crippen molar-refractivity contribution < 1.29 is 24.2 Å². The van der Waals surface area contributed by atoms with Crippen molar-refractivity contribution in [3.63, 3.8) is 0 Å². The lowest BCUT2D eigenvalue weighted by molar-refractivity contribution is 0.0686. The van der Waals surface area contributed by atoms with Gasteiger partial charge in [-0.25, -0.2) is 9.59 Å². The molecule has 0 spiro atoms. The van der Waals surface area contributed by atoms with Gasteiger partial charge in [-0.2, -0.15) is 11.3 Å². The number of hydrogen-bond acceptors (Lipinski definition) is 4. The van der Waals surface area contributed by atoms with Crippen LogP contribution in [0.15, 0.2) is 33.6 Å². The summed E-state index contributed by atoms with van der Waals surface area (Å²) in [5.74, 6) is -1.89. The third-order valence-electron chi connectivity index (χ3n) is 1.58. The van der Waals surface area contributed by atoms with Gasteiger partial charge in [-0.05, 0) is 23.0 Å². The van der Waals surface area contributed by atoms with Gasteiger partial charge < -0.3 is 14.6 Å². The first-order chi connectivity index (χ1) is 8.00. The van der Waals surface area contributed by atoms with Gasteiger partial charge in [0.2, 0.25) is 0 Å². The molecule has 7 heteroatoms. The van der Waals surface area contributed by atoms with E-state index < -0.39 is 11.9 Å². The molecule has 0 aliphatic rings. The van der Waals surface area contributed by atoms with Gasteiger partial charge in [-0.3, -0.25) is 0 Å². The number of hydrogen-bond donors (Lipinski definition) is 2. The van der Waals surface area contributed by atoms with Crippen molar-refractivity contribution in [2.45, 2.75) is 0 Å². The summed E-state index contributed by atoms with van der Waals surface area (Å²) in [6.45, 7) is 0. The Morgan fingerprint density at radius 3 is 2.12 bits per heavy atom. The first-order valence-corrected chi connectivity index (χ1v) is 5.55. The third kappa shape index (κ3) is 4.29. The highest BCUT2D eigenvalue weighted by Crippen LogP contribution is 2.12. The molecule has 2 heterocycles. The molecule has 0 saturated carbocycles. The Hall–Kier alpha value is -1.79. The number of halogens is 1. The van der Waals surface area contributed by atoms with E-state index >= 15 is 0 Å². The normalized spacial score (nSPS) is 9.24. The topological polar surface area (TPSA) is 87.7 Å². The highest BCUT2D eigenvalue weighted by molar-refractivity contribution is 7.08. The van der Waals surface area contributed by atoms with Gasteiger partial charge in [0.15, 0.2) is 5.22 Å². The summed E-state index contributed by atoms with van der Waals surface area (Å²) in [6, 6.07) is 2.82. The highest BCUT2D eigenvalue weighted by atomic mass is 35.5. The van der Waals surface area contributed by atoms with Gasteiger partial charge in [-0.1, -0.05) is 0 Å². The molecule has 2 N–H and O–H groups in total. The predicted octanol–water partition coefficient (Wildman–Crippen LogP) is 3.08. The number of thiophene rings is 1. The van der Waals surface area contributed by atoms with Crippen LogP contribution >= 0.6 is 22.9 Å². The third-order valence-corrected chi connectivity index (χ3v) is 2.46. The van der Waals surface area contributed by atoms with E-state index in [4.69, 9.17) is 21.8 Å². The lowest BCUT2D eigenvalue weighted by atomic mass is 10.4. The molecule has 0 bridgehead atoms. The molecule has 0 unspecified atom stereocenters. The number of carbonyl (C=O) groups is 2. The summed E-state index contributed by atoms with van der Waals surface area (Å²) in [6.07, 6.45) is 1.09. The van der Waals surface area contributed by atoms with Crippen LogP contribution in [0.4, 0.5) is 0 Å². The molecule has 2 aromatic rings. The van der Waals surface area contributed by atoms with Crippen LogP contribution in [0.5, 0.6) is 0 Å². The maximum Gasteiger partial charge on any atom is 0.339 e. The van der Waals surface area contributed by atoms with Crippen molar-refractivity contribution in [1.82, 2.24) is 0 Å². The molecule has 0 fully saturated rings. The minimum Gasteiger partial charge on any atom is -0.478 e. The molecule has 17 heavy (non-hydrogen) atoms. The van der Waals surface area contributed by atoms with E-state index in [1.807, 2.05) is 0 Å². The molecule has 2 rings (SSSR count). The van der Waals surface area contributed by atoms with E-state index in [0.717, 1.165) is 6.26 Å². The second-order valence-electron chi connectivity index (χ2n) is 2.76. The van der Waals surface area contributed by atoms with Gasteiger partial charge in [0.25, 0.3) is 0 Å². The quantitative estimate of drug-likeness (QED) is 0.878. The molecule has 90 valence electrons. The molecule has 0 radical (unpaired) electrons. The van der Waals surface area contributed by atoms with E-state index in [0.29, 0.717) is 5.56 Å². The fraction of sp³-hybridized carbons (Fsp3) is 0. The second kappa shape index (κ2) is 6.07. The van der Waals surface area contributed by atoms with Crippen molar-refractivity contribution in [3.8, 4) is 0 Å². The first-order valence-electron chi connectivity index (χ1n) is 4.23. The highest BCUT2D eigenvalue weighted by Gasteiger charge is 2.05. The minimum atomic E-state index is -1.04. The zero-order chi connectivity index (χ0) is 12.8. The molecular weight excluding hydrogens is 268 g/mol. The molecule has 0 aromatic carbocycles. The van der Waals surface area contributed by atoms with Crippen LogP contribution in [0.25, 0.3) is 0 Å². The Kier molecular flexibility index (Phi) is 4.74. The van der Waals surface area contributed by atoms with E-state index in [1.54, 1.807) is 16.8 Å². The average Bonchev–Trinajstić information content (AvgIpc) is 2.87. The van der Waals surface area contributed by atoms with Gasteiger partial charge in [0, 0.05) is 11.4 Å². The summed E-state index contributed by atoms with van der Waals surface area (Å²) >= 11 is 6.66. The number of furan rings is 1. The van der Waals surface area contributed by atoms with Crippen molar-refractivity contribution in [2.75, 3.05) is 0 Å². The lowest BCUT2D eigenvalue weighted by Gasteiger charge is -1.78. The van der Waals surface area contributed by atoms with Crippen molar-refractivity contribution in [3.05, 3.63) is 45.5 Å². The fourth-order valence-electron chi connectivity index (χ4n) is 0.808. The van der Waals surface area contributed by atoms with E-state index in [2.05, 4.69) is 4.42 Å². The molecule has 0 saturated heterocycles. The van der Waals surface area contributed by atoms with Crippen molar-refractivity contribution >= 4 is 34.9 Å². The van der Waals surface area contributed by atoms with Gasteiger partial charge in [-0.15, -0.1) is 0 Å². The molecule has 0 aliphatic heterocycles. The maximum atomic E-state index is 10.1. The zero-order valence-corrected chi connectivity index (χ0v) is 9.86. The van der Waals surface area contributed by atoms with Crippen LogP contribution in [0.2, 0.25) is 5.22 Å². The van der Waals surface area contributed by atoms with Crippen LogP contribution in [0, 0.1) is 0 Å². The van der Waals surface area contributed by atoms with Crippen LogP contribution in [0.3, 0.4) is 0 Å². The smallest absolute Gasteiger partial charge is 0.339 e. The molecule has 5 nitrogen and oxygen atoms in total. The van der Waals surface area contributed by atoms with Gasteiger partial charge in [0.1, 0.15) is 6.26 Å². The summed E-state index contributed by atoms with van der Waals surface area (Å²) in [5, 5.41) is 20.0. The van der Waals surface area contributed by atoms with Crippen molar-refractivity contribution in [1.29, 1.82) is 0 Å². The number of aromatic carboxylic acids is 2. The SMILES string of the molecule is O=C(O)c1ccsc1.O=C(O)c1coc(Cl)c1.